The average molecular weight is 271 g/mol. The lowest BCUT2D eigenvalue weighted by Gasteiger charge is -2.18. The molecule has 5 heteroatoms. The van der Waals surface area contributed by atoms with E-state index in [0.717, 1.165) is 5.69 Å². The highest BCUT2D eigenvalue weighted by Gasteiger charge is 2.12. The number of aromatic nitrogens is 4. The normalized spacial score (nSPS) is 16.9. The molecule has 0 atom stereocenters. The summed E-state index contributed by atoms with van der Waals surface area (Å²) in [6.07, 6.45) is 9.66. The van der Waals surface area contributed by atoms with Crippen molar-refractivity contribution in [2.45, 2.75) is 51.5 Å². The van der Waals surface area contributed by atoms with Gasteiger partial charge in [-0.2, -0.15) is 0 Å². The molecule has 0 unspecified atom stereocenters. The van der Waals surface area contributed by atoms with E-state index in [1.165, 1.54) is 49.8 Å². The number of tetrazole rings is 1. The van der Waals surface area contributed by atoms with Crippen molar-refractivity contribution in [1.82, 2.24) is 20.2 Å². The highest BCUT2D eigenvalue weighted by Crippen LogP contribution is 2.23. The van der Waals surface area contributed by atoms with Crippen LogP contribution in [0, 0.1) is 6.92 Å². The Balaban J connectivity index is 1.73. The Morgan fingerprint density at radius 1 is 1.15 bits per heavy atom. The Morgan fingerprint density at radius 3 is 2.60 bits per heavy atom. The Hall–Kier alpha value is -1.91. The van der Waals surface area contributed by atoms with E-state index in [2.05, 4.69) is 46.0 Å². The topological polar surface area (TPSA) is 55.6 Å². The Labute approximate surface area is 119 Å². The third kappa shape index (κ3) is 2.98. The third-order valence-corrected chi connectivity index (χ3v) is 4.02. The SMILES string of the molecule is Cc1cc(NC2CCCCCC2)ccc1-n1cnnn1. The van der Waals surface area contributed by atoms with Crippen molar-refractivity contribution in [1.29, 1.82) is 0 Å². The predicted octanol–water partition coefficient (Wildman–Crippen LogP) is 3.11. The summed E-state index contributed by atoms with van der Waals surface area (Å²) in [5, 5.41) is 15.0. The number of hydrogen-bond acceptors (Lipinski definition) is 4. The number of anilines is 1. The van der Waals surface area contributed by atoms with Crippen LogP contribution in [0.2, 0.25) is 0 Å². The fraction of sp³-hybridized carbons (Fsp3) is 0.533. The molecule has 1 saturated carbocycles. The molecule has 0 amide bonds. The molecule has 1 aromatic heterocycles. The second-order valence-electron chi connectivity index (χ2n) is 5.59. The van der Waals surface area contributed by atoms with Crippen LogP contribution in [0.25, 0.3) is 5.69 Å². The van der Waals surface area contributed by atoms with E-state index in [-0.39, 0.29) is 0 Å². The Morgan fingerprint density at radius 2 is 1.95 bits per heavy atom. The van der Waals surface area contributed by atoms with Gasteiger partial charge in [0.15, 0.2) is 0 Å². The number of benzene rings is 1. The van der Waals surface area contributed by atoms with Gasteiger partial charge in [-0.25, -0.2) is 4.68 Å². The molecule has 5 nitrogen and oxygen atoms in total. The summed E-state index contributed by atoms with van der Waals surface area (Å²) in [6.45, 7) is 2.09. The Bertz CT molecular complexity index is 541. The lowest BCUT2D eigenvalue weighted by molar-refractivity contribution is 0.620. The van der Waals surface area contributed by atoms with Gasteiger partial charge < -0.3 is 5.32 Å². The van der Waals surface area contributed by atoms with E-state index in [9.17, 15) is 0 Å². The largest absolute Gasteiger partial charge is 0.382 e. The zero-order valence-electron chi connectivity index (χ0n) is 11.9. The highest BCUT2D eigenvalue weighted by atomic mass is 15.5. The molecule has 1 aliphatic rings. The first-order valence-corrected chi connectivity index (χ1v) is 7.43. The second kappa shape index (κ2) is 6.03. The van der Waals surface area contributed by atoms with E-state index in [4.69, 9.17) is 0 Å². The molecule has 1 aromatic carbocycles. The predicted molar refractivity (Wildman–Crippen MR) is 79.0 cm³/mol. The maximum absolute atomic E-state index is 3.94. The van der Waals surface area contributed by atoms with Crippen LogP contribution >= 0.6 is 0 Å². The highest BCUT2D eigenvalue weighted by molar-refractivity contribution is 5.53. The Kier molecular flexibility index (Phi) is 3.95. The van der Waals surface area contributed by atoms with Crippen molar-refractivity contribution in [3.63, 3.8) is 0 Å². The van der Waals surface area contributed by atoms with Crippen LogP contribution in [0.4, 0.5) is 5.69 Å². The zero-order chi connectivity index (χ0) is 13.8. The van der Waals surface area contributed by atoms with Crippen molar-refractivity contribution in [3.05, 3.63) is 30.1 Å². The first kappa shape index (κ1) is 13.1. The van der Waals surface area contributed by atoms with Gasteiger partial charge in [-0.1, -0.05) is 25.7 Å². The van der Waals surface area contributed by atoms with Gasteiger partial charge in [0, 0.05) is 11.7 Å². The summed E-state index contributed by atoms with van der Waals surface area (Å²) in [7, 11) is 0. The number of nitrogens with zero attached hydrogens (tertiary/aromatic N) is 4. The van der Waals surface area contributed by atoms with Gasteiger partial charge in [-0.05, 0) is 54.0 Å². The maximum Gasteiger partial charge on any atom is 0.143 e. The van der Waals surface area contributed by atoms with Crippen LogP contribution in [0.15, 0.2) is 24.5 Å². The van der Waals surface area contributed by atoms with Crippen LogP contribution in [-0.4, -0.2) is 26.2 Å². The summed E-state index contributed by atoms with van der Waals surface area (Å²) in [4.78, 5) is 0. The number of aryl methyl sites for hydroxylation is 1. The second-order valence-corrected chi connectivity index (χ2v) is 5.59. The summed E-state index contributed by atoms with van der Waals surface area (Å²) >= 11 is 0. The minimum absolute atomic E-state index is 0.621. The van der Waals surface area contributed by atoms with Crippen LogP contribution in [-0.2, 0) is 0 Å². The van der Waals surface area contributed by atoms with Crippen LogP contribution in [0.5, 0.6) is 0 Å². The molecular weight excluding hydrogens is 250 g/mol. The molecule has 20 heavy (non-hydrogen) atoms. The molecule has 0 spiro atoms. The van der Waals surface area contributed by atoms with E-state index in [1.807, 2.05) is 0 Å². The van der Waals surface area contributed by atoms with Gasteiger partial charge in [-0.3, -0.25) is 0 Å². The molecule has 0 radical (unpaired) electrons. The molecule has 0 aliphatic heterocycles. The number of nitrogens with one attached hydrogen (secondary N) is 1. The zero-order valence-corrected chi connectivity index (χ0v) is 11.9. The molecule has 1 N–H and O–H groups in total. The minimum atomic E-state index is 0.621. The average Bonchev–Trinajstić information content (AvgIpc) is 2.85. The van der Waals surface area contributed by atoms with Gasteiger partial charge in [0.25, 0.3) is 0 Å². The molecule has 3 rings (SSSR count). The monoisotopic (exact) mass is 271 g/mol. The molecule has 106 valence electrons. The van der Waals surface area contributed by atoms with Gasteiger partial charge in [0.2, 0.25) is 0 Å². The van der Waals surface area contributed by atoms with Crippen LogP contribution in [0.3, 0.4) is 0 Å². The third-order valence-electron chi connectivity index (χ3n) is 4.02. The lowest BCUT2D eigenvalue weighted by atomic mass is 10.1. The summed E-state index contributed by atoms with van der Waals surface area (Å²) in [5.41, 5.74) is 3.41. The van der Waals surface area contributed by atoms with Gasteiger partial charge >= 0.3 is 0 Å². The lowest BCUT2D eigenvalue weighted by Crippen LogP contribution is -2.18. The van der Waals surface area contributed by atoms with Gasteiger partial charge in [0.1, 0.15) is 6.33 Å². The van der Waals surface area contributed by atoms with E-state index < -0.39 is 0 Å². The van der Waals surface area contributed by atoms with E-state index in [0.29, 0.717) is 6.04 Å². The van der Waals surface area contributed by atoms with Crippen molar-refractivity contribution in [2.75, 3.05) is 5.32 Å². The minimum Gasteiger partial charge on any atom is -0.382 e. The van der Waals surface area contributed by atoms with E-state index in [1.54, 1.807) is 11.0 Å². The summed E-state index contributed by atoms with van der Waals surface area (Å²) in [5.74, 6) is 0. The van der Waals surface area contributed by atoms with Gasteiger partial charge in [0.05, 0.1) is 5.69 Å². The quantitative estimate of drug-likeness (QED) is 0.871. The molecule has 1 heterocycles. The molecule has 1 aliphatic carbocycles. The molecular formula is C15H21N5. The van der Waals surface area contributed by atoms with Crippen molar-refractivity contribution in [2.24, 2.45) is 0 Å². The smallest absolute Gasteiger partial charge is 0.143 e. The molecule has 0 bridgehead atoms. The molecule has 1 fully saturated rings. The fourth-order valence-electron chi connectivity index (χ4n) is 2.93. The number of hydrogen-bond donors (Lipinski definition) is 1. The van der Waals surface area contributed by atoms with Crippen LogP contribution in [0.1, 0.15) is 44.1 Å². The van der Waals surface area contributed by atoms with Crippen molar-refractivity contribution >= 4 is 5.69 Å². The van der Waals surface area contributed by atoms with Crippen molar-refractivity contribution < 1.29 is 0 Å². The summed E-state index contributed by atoms with van der Waals surface area (Å²) in [6, 6.07) is 7.00. The molecule has 2 aromatic rings. The maximum atomic E-state index is 3.94. The molecule has 0 saturated heterocycles. The fourth-order valence-corrected chi connectivity index (χ4v) is 2.93. The first-order valence-electron chi connectivity index (χ1n) is 7.43. The standard InChI is InChI=1S/C15H21N5/c1-12-10-14(17-13-6-4-2-3-5-7-13)8-9-15(12)20-11-16-18-19-20/h8-11,13,17H,2-7H2,1H3. The summed E-state index contributed by atoms with van der Waals surface area (Å²) < 4.78 is 1.70. The van der Waals surface area contributed by atoms with E-state index >= 15 is 0 Å². The van der Waals surface area contributed by atoms with Gasteiger partial charge in [-0.15, -0.1) is 5.10 Å². The first-order chi connectivity index (χ1) is 9.83. The van der Waals surface area contributed by atoms with Crippen LogP contribution < -0.4 is 5.32 Å². The van der Waals surface area contributed by atoms with Crippen molar-refractivity contribution in [3.8, 4) is 5.69 Å². The number of rotatable bonds is 3.